The molecule has 0 saturated carbocycles. The molecule has 0 atom stereocenters. The molecule has 2 rings (SSSR count). The van der Waals surface area contributed by atoms with Gasteiger partial charge >= 0.3 is 0 Å². The first-order valence-corrected chi connectivity index (χ1v) is 10.8. The highest BCUT2D eigenvalue weighted by molar-refractivity contribution is 7.89. The van der Waals surface area contributed by atoms with Crippen molar-refractivity contribution >= 4 is 21.7 Å². The van der Waals surface area contributed by atoms with Crippen LogP contribution in [0.3, 0.4) is 0 Å². The number of nitrogens with zero attached hydrogens (tertiary/aromatic N) is 3. The van der Waals surface area contributed by atoms with Crippen LogP contribution in [-0.4, -0.2) is 80.0 Å². The minimum Gasteiger partial charge on any atom is -0.342 e. The van der Waals surface area contributed by atoms with Gasteiger partial charge in [0.25, 0.3) is 0 Å². The zero-order chi connectivity index (χ0) is 20.0. The molecular weight excluding hydrogens is 366 g/mol. The molecule has 0 bridgehead atoms. The second-order valence-electron chi connectivity index (χ2n) is 6.68. The number of benzene rings is 1. The third kappa shape index (κ3) is 5.37. The predicted octanol–water partition coefficient (Wildman–Crippen LogP) is 1.45. The molecule has 27 heavy (non-hydrogen) atoms. The van der Waals surface area contributed by atoms with Crippen molar-refractivity contribution in [1.82, 2.24) is 14.1 Å². The Morgan fingerprint density at radius 1 is 1.07 bits per heavy atom. The van der Waals surface area contributed by atoms with E-state index in [-0.39, 0.29) is 16.6 Å². The van der Waals surface area contributed by atoms with Crippen LogP contribution in [0, 0.1) is 0 Å². The molecule has 1 aliphatic heterocycles. The van der Waals surface area contributed by atoms with Crippen LogP contribution in [0.5, 0.6) is 0 Å². The Morgan fingerprint density at radius 3 is 2.41 bits per heavy atom. The summed E-state index contributed by atoms with van der Waals surface area (Å²) in [6.45, 7) is 8.93. The van der Waals surface area contributed by atoms with Crippen LogP contribution >= 0.6 is 0 Å². The average Bonchev–Trinajstić information content (AvgIpc) is 2.89. The van der Waals surface area contributed by atoms with Crippen LogP contribution in [0.2, 0.25) is 0 Å². The lowest BCUT2D eigenvalue weighted by molar-refractivity contribution is -0.132. The fourth-order valence-electron chi connectivity index (χ4n) is 3.24. The number of ketones is 1. The van der Waals surface area contributed by atoms with Gasteiger partial charge in [-0.05, 0) is 45.9 Å². The maximum absolute atomic E-state index is 13.0. The van der Waals surface area contributed by atoms with Gasteiger partial charge in [0.1, 0.15) is 0 Å². The van der Waals surface area contributed by atoms with Crippen LogP contribution in [0.25, 0.3) is 0 Å². The van der Waals surface area contributed by atoms with Gasteiger partial charge in [0.2, 0.25) is 15.9 Å². The summed E-state index contributed by atoms with van der Waals surface area (Å²) in [5, 5.41) is 0. The van der Waals surface area contributed by atoms with Gasteiger partial charge in [0, 0.05) is 38.3 Å². The molecule has 1 fully saturated rings. The van der Waals surface area contributed by atoms with Gasteiger partial charge in [-0.25, -0.2) is 8.42 Å². The number of Topliss-reactive ketones (excluding diaryl/α,β-unsaturated/α-hetero) is 1. The highest BCUT2D eigenvalue weighted by Crippen LogP contribution is 2.19. The Bertz CT molecular complexity index is 775. The molecule has 0 spiro atoms. The monoisotopic (exact) mass is 395 g/mol. The second kappa shape index (κ2) is 9.43. The van der Waals surface area contributed by atoms with Crippen LogP contribution < -0.4 is 0 Å². The van der Waals surface area contributed by atoms with E-state index in [1.54, 1.807) is 17.0 Å². The molecule has 1 aliphatic rings. The normalized spacial score (nSPS) is 16.7. The standard InChI is InChI=1S/C19H29N3O4S/c1-4-21(5-2)19(24)15-20-10-7-11-22(13-12-20)27(25,26)18-9-6-8-17(14-18)16(3)23/h6,8-9,14H,4-5,7,10-13,15H2,1-3H3. The van der Waals surface area contributed by atoms with Crippen LogP contribution in [0.1, 0.15) is 37.6 Å². The van der Waals surface area contributed by atoms with Gasteiger partial charge in [-0.3, -0.25) is 14.5 Å². The summed E-state index contributed by atoms with van der Waals surface area (Å²) in [6, 6.07) is 6.17. The van der Waals surface area contributed by atoms with E-state index in [0.717, 1.165) is 0 Å². The molecule has 7 nitrogen and oxygen atoms in total. The zero-order valence-electron chi connectivity index (χ0n) is 16.3. The van der Waals surface area contributed by atoms with Crippen molar-refractivity contribution in [2.75, 3.05) is 45.8 Å². The van der Waals surface area contributed by atoms with E-state index in [2.05, 4.69) is 0 Å². The number of sulfonamides is 1. The van der Waals surface area contributed by atoms with Crippen molar-refractivity contribution in [2.45, 2.75) is 32.1 Å². The molecular formula is C19H29N3O4S. The summed E-state index contributed by atoms with van der Waals surface area (Å²) in [7, 11) is -3.66. The Balaban J connectivity index is 2.07. The molecule has 150 valence electrons. The average molecular weight is 396 g/mol. The number of rotatable bonds is 7. The summed E-state index contributed by atoms with van der Waals surface area (Å²) in [5.41, 5.74) is 0.386. The van der Waals surface area contributed by atoms with E-state index in [4.69, 9.17) is 0 Å². The minimum atomic E-state index is -3.66. The first-order chi connectivity index (χ1) is 12.8. The quantitative estimate of drug-likeness (QED) is 0.653. The summed E-state index contributed by atoms with van der Waals surface area (Å²) in [6.07, 6.45) is 0.664. The summed E-state index contributed by atoms with van der Waals surface area (Å²) < 4.78 is 27.4. The summed E-state index contributed by atoms with van der Waals surface area (Å²) in [4.78, 5) is 27.8. The third-order valence-corrected chi connectivity index (χ3v) is 6.80. The van der Waals surface area contributed by atoms with E-state index >= 15 is 0 Å². The van der Waals surface area contributed by atoms with Crippen molar-refractivity contribution in [3.63, 3.8) is 0 Å². The lowest BCUT2D eigenvalue weighted by Crippen LogP contribution is -2.42. The van der Waals surface area contributed by atoms with Crippen LogP contribution in [0.15, 0.2) is 29.2 Å². The van der Waals surface area contributed by atoms with E-state index in [9.17, 15) is 18.0 Å². The maximum atomic E-state index is 13.0. The maximum Gasteiger partial charge on any atom is 0.243 e. The number of hydrogen-bond donors (Lipinski definition) is 0. The number of amides is 1. The summed E-state index contributed by atoms with van der Waals surface area (Å²) >= 11 is 0. The van der Waals surface area contributed by atoms with Gasteiger partial charge in [-0.15, -0.1) is 0 Å². The van der Waals surface area contributed by atoms with Gasteiger partial charge in [-0.1, -0.05) is 12.1 Å². The lowest BCUT2D eigenvalue weighted by atomic mass is 10.2. The fraction of sp³-hybridized carbons (Fsp3) is 0.579. The van der Waals surface area contributed by atoms with Crippen LogP contribution in [-0.2, 0) is 14.8 Å². The smallest absolute Gasteiger partial charge is 0.243 e. The molecule has 1 heterocycles. The van der Waals surface area contributed by atoms with E-state index in [1.165, 1.54) is 23.4 Å². The van der Waals surface area contributed by atoms with Gasteiger partial charge in [-0.2, -0.15) is 4.31 Å². The molecule has 1 aromatic rings. The van der Waals surface area contributed by atoms with E-state index < -0.39 is 10.0 Å². The Labute approximate surface area is 162 Å². The van der Waals surface area contributed by atoms with Gasteiger partial charge in [0.05, 0.1) is 11.4 Å². The second-order valence-corrected chi connectivity index (χ2v) is 8.62. The summed E-state index contributed by atoms with van der Waals surface area (Å²) in [5.74, 6) is -0.0885. The molecule has 1 amide bonds. The predicted molar refractivity (Wildman–Crippen MR) is 104 cm³/mol. The Kier molecular flexibility index (Phi) is 7.52. The highest BCUT2D eigenvalue weighted by atomic mass is 32.2. The first-order valence-electron chi connectivity index (χ1n) is 9.40. The molecule has 0 unspecified atom stereocenters. The SMILES string of the molecule is CCN(CC)C(=O)CN1CCCN(S(=O)(=O)c2cccc(C(C)=O)c2)CC1. The van der Waals surface area contributed by atoms with Crippen molar-refractivity contribution in [2.24, 2.45) is 0 Å². The largest absolute Gasteiger partial charge is 0.342 e. The fourth-order valence-corrected chi connectivity index (χ4v) is 4.75. The van der Waals surface area contributed by atoms with Crippen molar-refractivity contribution < 1.29 is 18.0 Å². The van der Waals surface area contributed by atoms with Crippen LogP contribution in [0.4, 0.5) is 0 Å². The molecule has 0 aliphatic carbocycles. The molecule has 0 radical (unpaired) electrons. The molecule has 1 saturated heterocycles. The lowest BCUT2D eigenvalue weighted by Gasteiger charge is -2.25. The minimum absolute atomic E-state index is 0.0745. The number of carbonyl (C=O) groups excluding carboxylic acids is 2. The Hall–Kier alpha value is -1.77. The Morgan fingerprint density at radius 2 is 1.78 bits per heavy atom. The van der Waals surface area contributed by atoms with Crippen molar-refractivity contribution in [3.05, 3.63) is 29.8 Å². The number of hydrogen-bond acceptors (Lipinski definition) is 5. The van der Waals surface area contributed by atoms with Crippen molar-refractivity contribution in [1.29, 1.82) is 0 Å². The number of carbonyl (C=O) groups is 2. The third-order valence-electron chi connectivity index (χ3n) is 4.90. The van der Waals surface area contributed by atoms with Crippen molar-refractivity contribution in [3.8, 4) is 0 Å². The molecule has 8 heteroatoms. The van der Waals surface area contributed by atoms with E-state index in [1.807, 2.05) is 18.7 Å². The zero-order valence-corrected chi connectivity index (χ0v) is 17.2. The highest BCUT2D eigenvalue weighted by Gasteiger charge is 2.28. The molecule has 1 aromatic carbocycles. The van der Waals surface area contributed by atoms with E-state index in [0.29, 0.717) is 57.8 Å². The molecule has 0 N–H and O–H groups in total. The topological polar surface area (TPSA) is 78.0 Å². The van der Waals surface area contributed by atoms with Gasteiger partial charge < -0.3 is 4.90 Å². The first kappa shape index (κ1) is 21.5. The van der Waals surface area contributed by atoms with Gasteiger partial charge in [0.15, 0.2) is 5.78 Å². The number of likely N-dealkylation sites (N-methyl/N-ethyl adjacent to an activating group) is 1. The molecule has 0 aromatic heterocycles.